The Bertz CT molecular complexity index is 443. The maximum absolute atomic E-state index is 11.1. The van der Waals surface area contributed by atoms with Gasteiger partial charge in [-0.25, -0.2) is 8.42 Å². The first-order valence-electron chi connectivity index (χ1n) is 4.71. The van der Waals surface area contributed by atoms with Gasteiger partial charge in [0, 0.05) is 4.90 Å². The van der Waals surface area contributed by atoms with Gasteiger partial charge in [0.15, 0.2) is 0 Å². The van der Waals surface area contributed by atoms with Gasteiger partial charge in [0.25, 0.3) is 0 Å². The number of hydrogen-bond acceptors (Lipinski definition) is 4. The van der Waals surface area contributed by atoms with Gasteiger partial charge < -0.3 is 4.55 Å². The summed E-state index contributed by atoms with van der Waals surface area (Å²) < 4.78 is 33.4. The Morgan fingerprint density at radius 1 is 1.31 bits per heavy atom. The van der Waals surface area contributed by atoms with Crippen molar-refractivity contribution in [2.45, 2.75) is 30.1 Å². The molecule has 0 amide bonds. The largest absolute Gasteiger partial charge is 1.00 e. The molecule has 0 radical (unpaired) electrons. The van der Waals surface area contributed by atoms with Crippen LogP contribution in [0.1, 0.15) is 19.4 Å². The summed E-state index contributed by atoms with van der Waals surface area (Å²) in [6, 6.07) is 5.15. The molecule has 0 N–H and O–H groups in total. The summed E-state index contributed by atoms with van der Waals surface area (Å²) in [5.74, 6) is 0.746. The van der Waals surface area contributed by atoms with Crippen molar-refractivity contribution < 1.29 is 42.5 Å². The van der Waals surface area contributed by atoms with Gasteiger partial charge in [-0.1, -0.05) is 26.0 Å². The molecule has 0 heterocycles. The third kappa shape index (κ3) is 4.05. The molecule has 84 valence electrons. The maximum atomic E-state index is 11.1. The van der Waals surface area contributed by atoms with E-state index in [2.05, 4.69) is 0 Å². The summed E-state index contributed by atoms with van der Waals surface area (Å²) in [5, 5.41) is 0. The third-order valence-corrected chi connectivity index (χ3v) is 4.04. The van der Waals surface area contributed by atoms with Gasteiger partial charge in [0.1, 0.15) is 10.1 Å². The molecule has 0 saturated heterocycles. The summed E-state index contributed by atoms with van der Waals surface area (Å²) in [5.41, 5.74) is 0.600. The molecule has 0 saturated carbocycles. The molecule has 0 bridgehead atoms. The predicted octanol–water partition coefficient (Wildman–Crippen LogP) is -0.731. The van der Waals surface area contributed by atoms with Crippen molar-refractivity contribution in [3.05, 3.63) is 23.8 Å². The Kier molecular flexibility index (Phi) is 7.25. The van der Waals surface area contributed by atoms with Crippen molar-refractivity contribution in [3.8, 4) is 0 Å². The standard InChI is InChI=1S/C10H14O3S2.Na/c1-3-8-6-5-7-9(14-4-2)10(8)15(11,12)13;/h5-7H,3-4H2,1-2H3,(H,11,12,13);/q;+1/p-1. The SMILES string of the molecule is CCSc1cccc(CC)c1S(=O)(=O)[O-].[Na+]. The first kappa shape index (κ1) is 16.5. The minimum absolute atomic E-state index is 0. The maximum Gasteiger partial charge on any atom is 1.00 e. The van der Waals surface area contributed by atoms with Gasteiger partial charge in [0.2, 0.25) is 0 Å². The summed E-state index contributed by atoms with van der Waals surface area (Å²) >= 11 is 1.38. The molecule has 1 aromatic carbocycles. The van der Waals surface area contributed by atoms with Gasteiger partial charge in [0.05, 0.1) is 4.90 Å². The third-order valence-electron chi connectivity index (χ3n) is 1.99. The van der Waals surface area contributed by atoms with E-state index in [9.17, 15) is 13.0 Å². The zero-order valence-corrected chi connectivity index (χ0v) is 13.3. The fourth-order valence-electron chi connectivity index (χ4n) is 1.39. The zero-order valence-electron chi connectivity index (χ0n) is 9.69. The van der Waals surface area contributed by atoms with E-state index >= 15 is 0 Å². The van der Waals surface area contributed by atoms with E-state index < -0.39 is 10.1 Å². The van der Waals surface area contributed by atoms with Crippen LogP contribution in [0.4, 0.5) is 0 Å². The molecule has 0 atom stereocenters. The van der Waals surface area contributed by atoms with E-state index in [1.165, 1.54) is 11.8 Å². The van der Waals surface area contributed by atoms with E-state index in [1.54, 1.807) is 18.2 Å². The molecule has 0 aromatic heterocycles. The molecule has 16 heavy (non-hydrogen) atoms. The van der Waals surface area contributed by atoms with Crippen molar-refractivity contribution in [2.24, 2.45) is 0 Å². The van der Waals surface area contributed by atoms with E-state index in [4.69, 9.17) is 0 Å². The summed E-state index contributed by atoms with van der Waals surface area (Å²) in [6.07, 6.45) is 0.551. The Hall–Kier alpha value is 0.480. The van der Waals surface area contributed by atoms with E-state index in [1.807, 2.05) is 13.8 Å². The molecule has 0 fully saturated rings. The van der Waals surface area contributed by atoms with Crippen LogP contribution in [0.15, 0.2) is 28.0 Å². The zero-order chi connectivity index (χ0) is 11.5. The molecule has 0 aliphatic heterocycles. The topological polar surface area (TPSA) is 57.2 Å². The smallest absolute Gasteiger partial charge is 0.744 e. The van der Waals surface area contributed by atoms with Gasteiger partial charge in [-0.3, -0.25) is 0 Å². The van der Waals surface area contributed by atoms with E-state index in [0.29, 0.717) is 16.9 Å². The molecule has 6 heteroatoms. The average molecular weight is 268 g/mol. The molecule has 0 unspecified atom stereocenters. The monoisotopic (exact) mass is 268 g/mol. The van der Waals surface area contributed by atoms with Gasteiger partial charge >= 0.3 is 29.6 Å². The molecule has 3 nitrogen and oxygen atoms in total. The number of benzene rings is 1. The van der Waals surface area contributed by atoms with Crippen LogP contribution in [0.25, 0.3) is 0 Å². The first-order chi connectivity index (χ1) is 7.00. The molecule has 0 spiro atoms. The van der Waals surface area contributed by atoms with Gasteiger partial charge in [-0.2, -0.15) is 0 Å². The Labute approximate surface area is 123 Å². The summed E-state index contributed by atoms with van der Waals surface area (Å²) in [4.78, 5) is 0.520. The van der Waals surface area contributed by atoms with E-state index in [0.717, 1.165) is 5.75 Å². The van der Waals surface area contributed by atoms with Crippen LogP contribution in [0, 0.1) is 0 Å². The van der Waals surface area contributed by atoms with Crippen molar-refractivity contribution in [1.82, 2.24) is 0 Å². The van der Waals surface area contributed by atoms with Gasteiger partial charge in [-0.15, -0.1) is 11.8 Å². The van der Waals surface area contributed by atoms with Crippen LogP contribution in [0.3, 0.4) is 0 Å². The number of hydrogen-bond donors (Lipinski definition) is 0. The van der Waals surface area contributed by atoms with Crippen LogP contribution >= 0.6 is 11.8 Å². The number of rotatable bonds is 4. The normalized spacial score (nSPS) is 10.9. The summed E-state index contributed by atoms with van der Waals surface area (Å²) in [6.45, 7) is 3.76. The number of thioether (sulfide) groups is 1. The van der Waals surface area contributed by atoms with Gasteiger partial charge in [-0.05, 0) is 23.8 Å². The van der Waals surface area contributed by atoms with E-state index in [-0.39, 0.29) is 34.5 Å². The summed E-state index contributed by atoms with van der Waals surface area (Å²) in [7, 11) is -4.37. The van der Waals surface area contributed by atoms with Crippen molar-refractivity contribution >= 4 is 21.9 Å². The van der Waals surface area contributed by atoms with Crippen LogP contribution in [-0.2, 0) is 16.5 Å². The molecule has 0 aliphatic carbocycles. The van der Waals surface area contributed by atoms with Crippen LogP contribution in [0.2, 0.25) is 0 Å². The second-order valence-electron chi connectivity index (χ2n) is 2.99. The minimum Gasteiger partial charge on any atom is -0.744 e. The molecule has 1 aromatic rings. The van der Waals surface area contributed by atoms with Crippen LogP contribution < -0.4 is 29.6 Å². The Morgan fingerprint density at radius 3 is 2.38 bits per heavy atom. The van der Waals surface area contributed by atoms with Crippen LogP contribution in [0.5, 0.6) is 0 Å². The number of aryl methyl sites for hydroxylation is 1. The molecular weight excluding hydrogens is 255 g/mol. The Morgan fingerprint density at radius 2 is 1.94 bits per heavy atom. The fourth-order valence-corrected chi connectivity index (χ4v) is 3.47. The second-order valence-corrected chi connectivity index (χ2v) is 5.61. The van der Waals surface area contributed by atoms with Crippen molar-refractivity contribution in [2.75, 3.05) is 5.75 Å². The minimum atomic E-state index is -4.37. The second kappa shape index (κ2) is 7.03. The molecular formula is C10H13NaO3S2. The van der Waals surface area contributed by atoms with Crippen molar-refractivity contribution in [1.29, 1.82) is 0 Å². The first-order valence-corrected chi connectivity index (χ1v) is 7.10. The molecule has 0 aliphatic rings. The Balaban J connectivity index is 0.00000225. The van der Waals surface area contributed by atoms with Crippen LogP contribution in [-0.4, -0.2) is 18.7 Å². The van der Waals surface area contributed by atoms with Crippen molar-refractivity contribution in [3.63, 3.8) is 0 Å². The molecule has 1 rings (SSSR count). The quantitative estimate of drug-likeness (QED) is 0.410. The average Bonchev–Trinajstić information content (AvgIpc) is 2.16. The predicted molar refractivity (Wildman–Crippen MR) is 60.2 cm³/mol. The fraction of sp³-hybridized carbons (Fsp3) is 0.400.